The average molecular weight is 373 g/mol. The number of rotatable bonds is 7. The third-order valence-corrected chi connectivity index (χ3v) is 5.83. The van der Waals surface area contributed by atoms with Crippen LogP contribution in [0.5, 0.6) is 0 Å². The van der Waals surface area contributed by atoms with E-state index < -0.39 is 6.04 Å². The zero-order valence-corrected chi connectivity index (χ0v) is 16.4. The van der Waals surface area contributed by atoms with E-state index in [1.807, 2.05) is 30.3 Å². The highest BCUT2D eigenvalue weighted by molar-refractivity contribution is 7.11. The summed E-state index contributed by atoms with van der Waals surface area (Å²) >= 11 is 1.75. The number of hydrogen-bond acceptors (Lipinski definition) is 5. The number of ether oxygens (including phenoxy) is 1. The van der Waals surface area contributed by atoms with E-state index in [1.165, 1.54) is 16.2 Å². The number of nitrogens with one attached hydrogen (secondary N) is 1. The lowest BCUT2D eigenvalue weighted by molar-refractivity contribution is -0.148. The molecule has 0 bridgehead atoms. The van der Waals surface area contributed by atoms with E-state index in [0.29, 0.717) is 19.1 Å². The Bertz CT molecular complexity index is 701. The molecule has 0 saturated carbocycles. The number of carbonyl (C=O) groups is 1. The van der Waals surface area contributed by atoms with Gasteiger partial charge in [0.05, 0.1) is 6.61 Å². The minimum absolute atomic E-state index is 0.183. The number of likely N-dealkylation sites (tertiary alicyclic amines) is 1. The average Bonchev–Trinajstić information content (AvgIpc) is 3.06. The summed E-state index contributed by atoms with van der Waals surface area (Å²) in [5, 5.41) is 3.39. The number of thiophene rings is 1. The lowest BCUT2D eigenvalue weighted by atomic mass is 9.99. The Balaban J connectivity index is 1.61. The molecule has 2 unspecified atom stereocenters. The van der Waals surface area contributed by atoms with Gasteiger partial charge in [0.15, 0.2) is 0 Å². The Hall–Kier alpha value is -1.69. The molecule has 0 radical (unpaired) electrons. The van der Waals surface area contributed by atoms with Gasteiger partial charge < -0.3 is 9.64 Å². The second-order valence-electron chi connectivity index (χ2n) is 7.14. The van der Waals surface area contributed by atoms with Crippen LogP contribution in [0.25, 0.3) is 0 Å². The Kier molecular flexibility index (Phi) is 6.83. The van der Waals surface area contributed by atoms with Gasteiger partial charge in [0.2, 0.25) is 0 Å². The first kappa shape index (κ1) is 19.1. The van der Waals surface area contributed by atoms with Crippen LogP contribution in [0.2, 0.25) is 0 Å². The van der Waals surface area contributed by atoms with Gasteiger partial charge in [0.1, 0.15) is 6.04 Å². The zero-order chi connectivity index (χ0) is 18.4. The molecule has 0 aliphatic carbocycles. The predicted molar refractivity (Wildman–Crippen MR) is 106 cm³/mol. The van der Waals surface area contributed by atoms with Crippen LogP contribution in [-0.2, 0) is 16.1 Å². The highest BCUT2D eigenvalue weighted by atomic mass is 32.1. The summed E-state index contributed by atoms with van der Waals surface area (Å²) in [6, 6.07) is 13.6. The van der Waals surface area contributed by atoms with Crippen LogP contribution in [0.15, 0.2) is 42.5 Å². The number of nitrogens with zero attached hydrogens (tertiary/aromatic N) is 1. The van der Waals surface area contributed by atoms with Crippen LogP contribution in [0, 0.1) is 12.8 Å². The van der Waals surface area contributed by atoms with Crippen LogP contribution < -0.4 is 5.32 Å². The molecule has 0 amide bonds. The van der Waals surface area contributed by atoms with Gasteiger partial charge in [-0.1, -0.05) is 30.3 Å². The number of benzene rings is 1. The maximum absolute atomic E-state index is 12.8. The summed E-state index contributed by atoms with van der Waals surface area (Å²) < 4.78 is 5.72. The van der Waals surface area contributed by atoms with Crippen molar-refractivity contribution in [1.29, 1.82) is 0 Å². The number of carbonyl (C=O) groups excluding carboxylic acids is 1. The van der Waals surface area contributed by atoms with Gasteiger partial charge in [0.25, 0.3) is 0 Å². The number of hydrogen-bond donors (Lipinski definition) is 1. The van der Waals surface area contributed by atoms with Gasteiger partial charge in [-0.2, -0.15) is 0 Å². The van der Waals surface area contributed by atoms with Crippen LogP contribution in [0.4, 0.5) is 0 Å². The second-order valence-corrected chi connectivity index (χ2v) is 8.51. The van der Waals surface area contributed by atoms with E-state index >= 15 is 0 Å². The summed E-state index contributed by atoms with van der Waals surface area (Å²) in [6.07, 6.45) is 2.31. The van der Waals surface area contributed by atoms with Gasteiger partial charge >= 0.3 is 5.97 Å². The van der Waals surface area contributed by atoms with Crippen LogP contribution in [-0.4, -0.2) is 37.6 Å². The summed E-state index contributed by atoms with van der Waals surface area (Å²) in [4.78, 5) is 17.6. The molecule has 1 N–H and O–H groups in total. The molecule has 0 spiro atoms. The molecule has 2 atom stereocenters. The third kappa shape index (κ3) is 5.40. The lowest BCUT2D eigenvalue weighted by Crippen LogP contribution is -2.36. The zero-order valence-electron chi connectivity index (χ0n) is 15.6. The van der Waals surface area contributed by atoms with E-state index in [1.54, 1.807) is 11.3 Å². The molecule has 1 saturated heterocycles. The topological polar surface area (TPSA) is 41.6 Å². The first-order valence-electron chi connectivity index (χ1n) is 9.30. The first-order valence-corrected chi connectivity index (χ1v) is 10.1. The molecule has 3 rings (SSSR count). The van der Waals surface area contributed by atoms with E-state index in [-0.39, 0.29) is 5.97 Å². The molecule has 2 aromatic rings. The van der Waals surface area contributed by atoms with Gasteiger partial charge in [0, 0.05) is 28.8 Å². The highest BCUT2D eigenvalue weighted by Gasteiger charge is 2.24. The van der Waals surface area contributed by atoms with Crippen molar-refractivity contribution in [2.24, 2.45) is 5.92 Å². The highest BCUT2D eigenvalue weighted by Crippen LogP contribution is 2.20. The van der Waals surface area contributed by atoms with Crippen molar-refractivity contribution in [3.63, 3.8) is 0 Å². The van der Waals surface area contributed by atoms with Gasteiger partial charge in [-0.15, -0.1) is 11.3 Å². The molecule has 26 heavy (non-hydrogen) atoms. The number of aryl methyl sites for hydroxylation is 1. The molecule has 2 heterocycles. The smallest absolute Gasteiger partial charge is 0.327 e. The number of piperidine rings is 1. The van der Waals surface area contributed by atoms with Crippen LogP contribution in [0.3, 0.4) is 0 Å². The standard InChI is InChI=1S/C21H28N2O2S/c1-16-10-11-19(26-16)13-22-20(18-8-4-3-5-9-18)21(24)25-15-17-7-6-12-23(2)14-17/h3-5,8-11,17,20,22H,6-7,12-15H2,1-2H3. The fourth-order valence-electron chi connectivity index (χ4n) is 3.46. The summed E-state index contributed by atoms with van der Waals surface area (Å²) in [5.74, 6) is 0.256. The Labute approximate surface area is 160 Å². The van der Waals surface area contributed by atoms with Crippen molar-refractivity contribution in [2.75, 3.05) is 26.7 Å². The fourth-order valence-corrected chi connectivity index (χ4v) is 4.30. The Morgan fingerprint density at radius 2 is 2.12 bits per heavy atom. The second kappa shape index (κ2) is 9.31. The first-order chi connectivity index (χ1) is 12.6. The van der Waals surface area contributed by atoms with Crippen molar-refractivity contribution in [2.45, 2.75) is 32.4 Å². The fraction of sp³-hybridized carbons (Fsp3) is 0.476. The van der Waals surface area contributed by atoms with Crippen LogP contribution in [0.1, 0.15) is 34.2 Å². The van der Waals surface area contributed by atoms with Crippen LogP contribution >= 0.6 is 11.3 Å². The Morgan fingerprint density at radius 1 is 1.31 bits per heavy atom. The van der Waals surface area contributed by atoms with E-state index in [4.69, 9.17) is 4.74 Å². The van der Waals surface area contributed by atoms with E-state index in [0.717, 1.165) is 25.1 Å². The molecule has 5 heteroatoms. The minimum atomic E-state index is -0.431. The molecule has 1 fully saturated rings. The molecule has 140 valence electrons. The normalized spacial score (nSPS) is 19.2. The SMILES string of the molecule is Cc1ccc(CNC(C(=O)OCC2CCCN(C)C2)c2ccccc2)s1. The quantitative estimate of drug-likeness (QED) is 0.751. The summed E-state index contributed by atoms with van der Waals surface area (Å²) in [7, 11) is 2.13. The molecule has 1 aromatic carbocycles. The molecule has 1 aliphatic heterocycles. The number of esters is 1. The Morgan fingerprint density at radius 3 is 2.81 bits per heavy atom. The molecule has 1 aliphatic rings. The molecular weight excluding hydrogens is 344 g/mol. The lowest BCUT2D eigenvalue weighted by Gasteiger charge is -2.29. The summed E-state index contributed by atoms with van der Waals surface area (Å²) in [5.41, 5.74) is 0.951. The van der Waals surface area contributed by atoms with Crippen molar-refractivity contribution >= 4 is 17.3 Å². The molecule has 4 nitrogen and oxygen atoms in total. The maximum atomic E-state index is 12.8. The predicted octanol–water partition coefficient (Wildman–Crippen LogP) is 3.77. The molecular formula is C21H28N2O2S. The van der Waals surface area contributed by atoms with Gasteiger partial charge in [-0.3, -0.25) is 5.32 Å². The maximum Gasteiger partial charge on any atom is 0.327 e. The molecule has 1 aromatic heterocycles. The third-order valence-electron chi connectivity index (χ3n) is 4.83. The van der Waals surface area contributed by atoms with Crippen molar-refractivity contribution < 1.29 is 9.53 Å². The van der Waals surface area contributed by atoms with Crippen molar-refractivity contribution in [3.8, 4) is 0 Å². The van der Waals surface area contributed by atoms with Crippen molar-refractivity contribution in [3.05, 3.63) is 57.8 Å². The van der Waals surface area contributed by atoms with Gasteiger partial charge in [-0.05, 0) is 51.1 Å². The largest absolute Gasteiger partial charge is 0.464 e. The van der Waals surface area contributed by atoms with Gasteiger partial charge in [-0.25, -0.2) is 4.79 Å². The van der Waals surface area contributed by atoms with E-state index in [9.17, 15) is 4.79 Å². The van der Waals surface area contributed by atoms with Crippen molar-refractivity contribution in [1.82, 2.24) is 10.2 Å². The monoisotopic (exact) mass is 372 g/mol. The summed E-state index contributed by atoms with van der Waals surface area (Å²) in [6.45, 7) is 5.41. The van der Waals surface area contributed by atoms with E-state index in [2.05, 4.69) is 36.3 Å². The minimum Gasteiger partial charge on any atom is -0.464 e.